The molecule has 0 bridgehead atoms. The van der Waals surface area contributed by atoms with Crippen LogP contribution in [0.5, 0.6) is 0 Å². The first kappa shape index (κ1) is 20.5. The minimum Gasteiger partial charge on any atom is -0.319 e. The van der Waals surface area contributed by atoms with Gasteiger partial charge in [-0.25, -0.2) is 0 Å². The zero-order valence-electron chi connectivity index (χ0n) is 18.1. The van der Waals surface area contributed by atoms with Crippen molar-refractivity contribution in [1.29, 1.82) is 0 Å². The quantitative estimate of drug-likeness (QED) is 0.256. The van der Waals surface area contributed by atoms with Crippen molar-refractivity contribution in [2.75, 3.05) is 5.32 Å². The maximum atomic E-state index is 13.2. The van der Waals surface area contributed by atoms with Crippen LogP contribution in [0.25, 0.3) is 22.4 Å². The van der Waals surface area contributed by atoms with Crippen molar-refractivity contribution in [2.45, 2.75) is 6.54 Å². The molecule has 4 aromatic carbocycles. The number of aromatic nitrogens is 2. The molecule has 0 radical (unpaired) electrons. The predicted molar refractivity (Wildman–Crippen MR) is 135 cm³/mol. The maximum absolute atomic E-state index is 13.2. The van der Waals surface area contributed by atoms with Crippen LogP contribution in [0.15, 0.2) is 116 Å². The number of fused-ring (bicyclic) bond motifs is 1. The lowest BCUT2D eigenvalue weighted by molar-refractivity contribution is -0.111. The van der Waals surface area contributed by atoms with Crippen LogP contribution in [0, 0.1) is 0 Å². The van der Waals surface area contributed by atoms with Crippen LogP contribution in [0.1, 0.15) is 16.7 Å². The van der Waals surface area contributed by atoms with Crippen molar-refractivity contribution in [3.63, 3.8) is 0 Å². The molecule has 0 saturated heterocycles. The number of nitrogens with zero attached hydrogens (tertiary/aromatic N) is 2. The van der Waals surface area contributed by atoms with Crippen molar-refractivity contribution >= 4 is 34.0 Å². The largest absolute Gasteiger partial charge is 0.319 e. The van der Waals surface area contributed by atoms with Crippen molar-refractivity contribution in [2.24, 2.45) is 0 Å². The highest BCUT2D eigenvalue weighted by molar-refractivity contribution is 6.29. The van der Waals surface area contributed by atoms with Crippen LogP contribution in [0.2, 0.25) is 0 Å². The Morgan fingerprint density at radius 3 is 2.33 bits per heavy atom. The molecule has 0 saturated carbocycles. The van der Waals surface area contributed by atoms with Gasteiger partial charge in [-0.3, -0.25) is 9.48 Å². The van der Waals surface area contributed by atoms with E-state index in [1.807, 2.05) is 89.8 Å². The third-order valence-corrected chi connectivity index (χ3v) is 5.54. The van der Waals surface area contributed by atoms with E-state index in [9.17, 15) is 4.79 Å². The summed E-state index contributed by atoms with van der Waals surface area (Å²) in [6, 6.07) is 34.2. The van der Waals surface area contributed by atoms with Crippen molar-refractivity contribution in [1.82, 2.24) is 9.78 Å². The number of hydrogen-bond acceptors (Lipinski definition) is 2. The summed E-state index contributed by atoms with van der Waals surface area (Å²) in [6.07, 6.45) is 5.46. The van der Waals surface area contributed by atoms with Crippen molar-refractivity contribution < 1.29 is 4.79 Å². The van der Waals surface area contributed by atoms with Gasteiger partial charge in [-0.15, -0.1) is 0 Å². The fraction of sp³-hybridized carbons (Fsp3) is 0.0345. The first-order valence-corrected chi connectivity index (χ1v) is 10.9. The normalized spacial score (nSPS) is 11.5. The van der Waals surface area contributed by atoms with E-state index in [0.717, 1.165) is 11.1 Å². The number of anilines is 1. The fourth-order valence-corrected chi connectivity index (χ4v) is 3.93. The zero-order chi connectivity index (χ0) is 22.5. The van der Waals surface area contributed by atoms with Gasteiger partial charge in [-0.1, -0.05) is 103 Å². The van der Waals surface area contributed by atoms with Crippen LogP contribution >= 0.6 is 0 Å². The Labute approximate surface area is 192 Å². The molecule has 5 aromatic rings. The van der Waals surface area contributed by atoms with Crippen LogP contribution in [0.4, 0.5) is 5.69 Å². The van der Waals surface area contributed by atoms with Crippen molar-refractivity contribution in [3.05, 3.63) is 132 Å². The number of benzene rings is 4. The first-order valence-electron chi connectivity index (χ1n) is 10.9. The Balaban J connectivity index is 1.38. The molecule has 1 aromatic heterocycles. The van der Waals surface area contributed by atoms with Crippen molar-refractivity contribution in [3.8, 4) is 0 Å². The van der Waals surface area contributed by atoms with Crippen LogP contribution < -0.4 is 5.32 Å². The van der Waals surface area contributed by atoms with Gasteiger partial charge in [-0.2, -0.15) is 5.10 Å². The van der Waals surface area contributed by atoms with E-state index in [-0.39, 0.29) is 5.91 Å². The molecule has 5 rings (SSSR count). The fourth-order valence-electron chi connectivity index (χ4n) is 3.93. The standard InChI is InChI=1S/C29H23N3O/c33-29(28(24-12-5-2-6-13-24)18-22-10-3-1-4-11-22)31-26-19-30-32(21-26)20-25-16-9-15-23-14-7-8-17-27(23)25/h1-19,21H,20H2,(H,31,33)/b28-18-. The average molecular weight is 430 g/mol. The summed E-state index contributed by atoms with van der Waals surface area (Å²) < 4.78 is 1.85. The highest BCUT2D eigenvalue weighted by Gasteiger charge is 2.14. The Hall–Kier alpha value is -4.44. The van der Waals surface area contributed by atoms with Crippen LogP contribution in [-0.2, 0) is 11.3 Å². The summed E-state index contributed by atoms with van der Waals surface area (Å²) in [6.45, 7) is 0.628. The summed E-state index contributed by atoms with van der Waals surface area (Å²) in [4.78, 5) is 13.2. The molecule has 0 aliphatic heterocycles. The van der Waals surface area contributed by atoms with Gasteiger partial charge in [0.05, 0.1) is 18.4 Å². The molecular formula is C29H23N3O. The third-order valence-electron chi connectivity index (χ3n) is 5.54. The Bertz CT molecular complexity index is 1410. The van der Waals surface area contributed by atoms with E-state index in [0.29, 0.717) is 17.8 Å². The van der Waals surface area contributed by atoms with E-state index < -0.39 is 0 Å². The summed E-state index contributed by atoms with van der Waals surface area (Å²) in [5.41, 5.74) is 4.28. The molecule has 1 heterocycles. The van der Waals surface area contributed by atoms with Gasteiger partial charge in [-0.05, 0) is 33.5 Å². The highest BCUT2D eigenvalue weighted by Crippen LogP contribution is 2.22. The van der Waals surface area contributed by atoms with Gasteiger partial charge in [0.2, 0.25) is 0 Å². The summed E-state index contributed by atoms with van der Waals surface area (Å²) in [5, 5.41) is 9.89. The molecule has 1 amide bonds. The Kier molecular flexibility index (Phi) is 5.81. The monoisotopic (exact) mass is 429 g/mol. The second kappa shape index (κ2) is 9.37. The number of amides is 1. The lowest BCUT2D eigenvalue weighted by atomic mass is 10.0. The van der Waals surface area contributed by atoms with E-state index >= 15 is 0 Å². The molecule has 4 heteroatoms. The third kappa shape index (κ3) is 4.75. The second-order valence-corrected chi connectivity index (χ2v) is 7.85. The van der Waals surface area contributed by atoms with Gasteiger partial charge >= 0.3 is 0 Å². The summed E-state index contributed by atoms with van der Waals surface area (Å²) >= 11 is 0. The molecule has 1 N–H and O–H groups in total. The number of hydrogen-bond donors (Lipinski definition) is 1. The maximum Gasteiger partial charge on any atom is 0.256 e. The minimum atomic E-state index is -0.172. The predicted octanol–water partition coefficient (Wildman–Crippen LogP) is 6.26. The SMILES string of the molecule is O=C(Nc1cnn(Cc2cccc3ccccc23)c1)/C(=C\c1ccccc1)c1ccccc1. The van der Waals surface area contributed by atoms with Gasteiger partial charge in [0.25, 0.3) is 5.91 Å². The lowest BCUT2D eigenvalue weighted by Crippen LogP contribution is -2.13. The lowest BCUT2D eigenvalue weighted by Gasteiger charge is -2.09. The number of nitrogens with one attached hydrogen (secondary N) is 1. The second-order valence-electron chi connectivity index (χ2n) is 7.85. The molecule has 0 aliphatic rings. The van der Waals surface area contributed by atoms with Crippen LogP contribution in [0.3, 0.4) is 0 Å². The number of carbonyl (C=O) groups is 1. The molecule has 33 heavy (non-hydrogen) atoms. The van der Waals surface area contributed by atoms with Gasteiger partial charge < -0.3 is 5.32 Å². The molecule has 0 atom stereocenters. The topological polar surface area (TPSA) is 46.9 Å². The molecule has 0 aliphatic carbocycles. The number of rotatable bonds is 6. The van der Waals surface area contributed by atoms with E-state index in [1.54, 1.807) is 6.20 Å². The van der Waals surface area contributed by atoms with Crippen LogP contribution in [-0.4, -0.2) is 15.7 Å². The molecular weight excluding hydrogens is 406 g/mol. The summed E-state index contributed by atoms with van der Waals surface area (Å²) in [5.74, 6) is -0.172. The van der Waals surface area contributed by atoms with E-state index in [1.165, 1.54) is 16.3 Å². The first-order chi connectivity index (χ1) is 16.3. The van der Waals surface area contributed by atoms with Gasteiger partial charge in [0.15, 0.2) is 0 Å². The Morgan fingerprint density at radius 1 is 0.818 bits per heavy atom. The minimum absolute atomic E-state index is 0.172. The van der Waals surface area contributed by atoms with E-state index in [4.69, 9.17) is 0 Å². The Morgan fingerprint density at radius 2 is 1.52 bits per heavy atom. The average Bonchev–Trinajstić information content (AvgIpc) is 3.30. The molecule has 0 spiro atoms. The van der Waals surface area contributed by atoms with E-state index in [2.05, 4.69) is 40.7 Å². The highest BCUT2D eigenvalue weighted by atomic mass is 16.1. The zero-order valence-corrected chi connectivity index (χ0v) is 18.1. The van der Waals surface area contributed by atoms with Gasteiger partial charge in [0, 0.05) is 11.8 Å². The molecule has 0 fully saturated rings. The smallest absolute Gasteiger partial charge is 0.256 e. The molecule has 0 unspecified atom stereocenters. The number of carbonyl (C=O) groups excluding carboxylic acids is 1. The molecule has 4 nitrogen and oxygen atoms in total. The summed E-state index contributed by atoms with van der Waals surface area (Å²) in [7, 11) is 0. The van der Waals surface area contributed by atoms with Gasteiger partial charge in [0.1, 0.15) is 0 Å². The molecule has 160 valence electrons.